The van der Waals surface area contributed by atoms with Crippen molar-refractivity contribution in [3.8, 4) is 11.3 Å². The van der Waals surface area contributed by atoms with Gasteiger partial charge in [-0.05, 0) is 25.1 Å². The third kappa shape index (κ3) is 2.53. The Morgan fingerprint density at radius 2 is 1.71 bits per heavy atom. The van der Waals surface area contributed by atoms with Gasteiger partial charge in [0.15, 0.2) is 0 Å². The van der Waals surface area contributed by atoms with E-state index in [1.807, 2.05) is 39.2 Å². The van der Waals surface area contributed by atoms with Crippen LogP contribution >= 0.6 is 0 Å². The number of hydrogen-bond donors (Lipinski definition) is 1. The smallest absolute Gasteiger partial charge is 0.220 e. The van der Waals surface area contributed by atoms with Gasteiger partial charge in [0.2, 0.25) is 5.95 Å². The van der Waals surface area contributed by atoms with Gasteiger partial charge >= 0.3 is 0 Å². The topological polar surface area (TPSA) is 55.0 Å². The molecule has 1 heterocycles. The molecule has 4 heteroatoms. The summed E-state index contributed by atoms with van der Waals surface area (Å²) in [4.78, 5) is 10.4. The van der Waals surface area contributed by atoms with Crippen molar-refractivity contribution in [2.75, 3.05) is 24.7 Å². The van der Waals surface area contributed by atoms with E-state index in [2.05, 4.69) is 27.0 Å². The second-order valence-electron chi connectivity index (χ2n) is 4.19. The molecule has 2 N–H and O–H groups in total. The summed E-state index contributed by atoms with van der Waals surface area (Å²) < 4.78 is 0. The molecule has 4 nitrogen and oxygen atoms in total. The molecule has 0 aliphatic heterocycles. The molecule has 0 radical (unpaired) electrons. The van der Waals surface area contributed by atoms with Crippen LogP contribution in [0.1, 0.15) is 5.69 Å². The van der Waals surface area contributed by atoms with E-state index in [0.717, 1.165) is 22.6 Å². The Kier molecular flexibility index (Phi) is 2.95. The summed E-state index contributed by atoms with van der Waals surface area (Å²) in [5.74, 6) is 0.316. The summed E-state index contributed by atoms with van der Waals surface area (Å²) in [7, 11) is 4.03. The van der Waals surface area contributed by atoms with Gasteiger partial charge in [-0.25, -0.2) is 9.97 Å². The Morgan fingerprint density at radius 1 is 1.06 bits per heavy atom. The second kappa shape index (κ2) is 4.41. The first-order valence-corrected chi connectivity index (χ1v) is 5.45. The molecule has 2 aromatic rings. The summed E-state index contributed by atoms with van der Waals surface area (Å²) in [6.07, 6.45) is 0. The highest BCUT2D eigenvalue weighted by molar-refractivity contribution is 5.63. The first-order valence-electron chi connectivity index (χ1n) is 5.45. The number of anilines is 2. The molecule has 0 unspecified atom stereocenters. The molecule has 0 saturated carbocycles. The number of nitrogens with zero attached hydrogens (tertiary/aromatic N) is 3. The predicted octanol–water partition coefficient (Wildman–Crippen LogP) is 2.10. The molecular weight excluding hydrogens is 212 g/mol. The minimum atomic E-state index is 0.316. The van der Waals surface area contributed by atoms with Gasteiger partial charge < -0.3 is 10.6 Å². The lowest BCUT2D eigenvalue weighted by atomic mass is 10.1. The van der Waals surface area contributed by atoms with Crippen LogP contribution in [0, 0.1) is 6.92 Å². The quantitative estimate of drug-likeness (QED) is 0.855. The molecule has 17 heavy (non-hydrogen) atoms. The maximum absolute atomic E-state index is 5.64. The minimum Gasteiger partial charge on any atom is -0.378 e. The number of benzene rings is 1. The van der Waals surface area contributed by atoms with Gasteiger partial charge in [-0.1, -0.05) is 12.1 Å². The largest absolute Gasteiger partial charge is 0.378 e. The molecular formula is C13H16N4. The zero-order valence-corrected chi connectivity index (χ0v) is 10.3. The molecule has 88 valence electrons. The number of hydrogen-bond acceptors (Lipinski definition) is 4. The van der Waals surface area contributed by atoms with Crippen molar-refractivity contribution >= 4 is 11.6 Å². The molecule has 0 fully saturated rings. The predicted molar refractivity (Wildman–Crippen MR) is 70.9 cm³/mol. The SMILES string of the molecule is Cc1cc(-c2ccc(N(C)C)cc2)nc(N)n1. The molecule has 1 aromatic heterocycles. The number of rotatable bonds is 2. The fraction of sp³-hybridized carbons (Fsp3) is 0.231. The third-order valence-electron chi connectivity index (χ3n) is 2.55. The van der Waals surface area contributed by atoms with Crippen molar-refractivity contribution in [1.29, 1.82) is 0 Å². The van der Waals surface area contributed by atoms with Crippen molar-refractivity contribution in [2.24, 2.45) is 0 Å². The summed E-state index contributed by atoms with van der Waals surface area (Å²) in [6.45, 7) is 1.91. The Bertz CT molecular complexity index is 497. The zero-order valence-electron chi connectivity index (χ0n) is 10.3. The molecule has 0 aliphatic rings. The maximum atomic E-state index is 5.64. The van der Waals surface area contributed by atoms with E-state index < -0.39 is 0 Å². The van der Waals surface area contributed by atoms with Gasteiger partial charge in [0.1, 0.15) is 0 Å². The van der Waals surface area contributed by atoms with Crippen molar-refractivity contribution < 1.29 is 0 Å². The van der Waals surface area contributed by atoms with E-state index in [1.54, 1.807) is 0 Å². The van der Waals surface area contributed by atoms with Gasteiger partial charge in [0.05, 0.1) is 5.69 Å². The summed E-state index contributed by atoms with van der Waals surface area (Å²) in [5.41, 5.74) is 9.59. The van der Waals surface area contributed by atoms with Gasteiger partial charge in [0.25, 0.3) is 0 Å². The molecule has 0 atom stereocenters. The Labute approximate surface area is 101 Å². The van der Waals surface area contributed by atoms with Crippen molar-refractivity contribution in [3.63, 3.8) is 0 Å². The molecule has 0 amide bonds. The summed E-state index contributed by atoms with van der Waals surface area (Å²) >= 11 is 0. The van der Waals surface area contributed by atoms with E-state index in [9.17, 15) is 0 Å². The van der Waals surface area contributed by atoms with E-state index in [-0.39, 0.29) is 0 Å². The number of nitrogen functional groups attached to an aromatic ring is 1. The highest BCUT2D eigenvalue weighted by Crippen LogP contribution is 2.21. The Balaban J connectivity index is 2.39. The van der Waals surface area contributed by atoms with E-state index >= 15 is 0 Å². The van der Waals surface area contributed by atoms with Gasteiger partial charge in [0, 0.05) is 31.0 Å². The van der Waals surface area contributed by atoms with Gasteiger partial charge in [-0.15, -0.1) is 0 Å². The maximum Gasteiger partial charge on any atom is 0.220 e. The van der Waals surface area contributed by atoms with Crippen LogP contribution < -0.4 is 10.6 Å². The van der Waals surface area contributed by atoms with Crippen molar-refractivity contribution in [2.45, 2.75) is 6.92 Å². The molecule has 0 saturated heterocycles. The third-order valence-corrected chi connectivity index (χ3v) is 2.55. The fourth-order valence-corrected chi connectivity index (χ4v) is 1.67. The Morgan fingerprint density at radius 3 is 2.24 bits per heavy atom. The molecule has 0 spiro atoms. The van der Waals surface area contributed by atoms with Crippen LogP contribution in [-0.2, 0) is 0 Å². The monoisotopic (exact) mass is 228 g/mol. The van der Waals surface area contributed by atoms with Crippen LogP contribution in [0.25, 0.3) is 11.3 Å². The van der Waals surface area contributed by atoms with Gasteiger partial charge in [-0.2, -0.15) is 0 Å². The normalized spacial score (nSPS) is 10.3. The second-order valence-corrected chi connectivity index (χ2v) is 4.19. The fourth-order valence-electron chi connectivity index (χ4n) is 1.67. The van der Waals surface area contributed by atoms with E-state index in [0.29, 0.717) is 5.95 Å². The van der Waals surface area contributed by atoms with Crippen LogP contribution in [0.4, 0.5) is 11.6 Å². The molecule has 0 aliphatic carbocycles. The minimum absolute atomic E-state index is 0.316. The average Bonchev–Trinajstić information content (AvgIpc) is 2.28. The molecule has 0 bridgehead atoms. The van der Waals surface area contributed by atoms with Crippen LogP contribution in [-0.4, -0.2) is 24.1 Å². The van der Waals surface area contributed by atoms with E-state index in [1.165, 1.54) is 0 Å². The number of aryl methyl sites for hydroxylation is 1. The average molecular weight is 228 g/mol. The first kappa shape index (κ1) is 11.4. The van der Waals surface area contributed by atoms with Crippen LogP contribution in [0.15, 0.2) is 30.3 Å². The van der Waals surface area contributed by atoms with Crippen LogP contribution in [0.5, 0.6) is 0 Å². The first-order chi connectivity index (χ1) is 8.06. The lowest BCUT2D eigenvalue weighted by molar-refractivity contribution is 1.12. The van der Waals surface area contributed by atoms with Crippen LogP contribution in [0.3, 0.4) is 0 Å². The molecule has 2 rings (SSSR count). The van der Waals surface area contributed by atoms with Crippen molar-refractivity contribution in [3.05, 3.63) is 36.0 Å². The summed E-state index contributed by atoms with van der Waals surface area (Å²) in [5, 5.41) is 0. The molecule has 1 aromatic carbocycles. The van der Waals surface area contributed by atoms with Crippen LogP contribution in [0.2, 0.25) is 0 Å². The highest BCUT2D eigenvalue weighted by atomic mass is 15.1. The Hall–Kier alpha value is -2.10. The standard InChI is InChI=1S/C13H16N4/c1-9-8-12(16-13(14)15-9)10-4-6-11(7-5-10)17(2)3/h4-8H,1-3H3,(H2,14,15,16). The lowest BCUT2D eigenvalue weighted by Gasteiger charge is -2.12. The zero-order chi connectivity index (χ0) is 12.4. The van der Waals surface area contributed by atoms with Crippen molar-refractivity contribution in [1.82, 2.24) is 9.97 Å². The van der Waals surface area contributed by atoms with Gasteiger partial charge in [-0.3, -0.25) is 0 Å². The number of aromatic nitrogens is 2. The highest BCUT2D eigenvalue weighted by Gasteiger charge is 2.03. The number of nitrogens with two attached hydrogens (primary N) is 1. The summed E-state index contributed by atoms with van der Waals surface area (Å²) in [6, 6.07) is 10.1. The van der Waals surface area contributed by atoms with E-state index in [4.69, 9.17) is 5.73 Å². The lowest BCUT2D eigenvalue weighted by Crippen LogP contribution is -2.08.